The van der Waals surface area contributed by atoms with Crippen molar-refractivity contribution < 1.29 is 47.7 Å². The molecule has 1 aliphatic rings. The van der Waals surface area contributed by atoms with Crippen LogP contribution in [0.15, 0.2) is 0 Å². The van der Waals surface area contributed by atoms with Gasteiger partial charge in [-0.1, -0.05) is 11.8 Å². The third kappa shape index (κ3) is 7.18. The molecule has 0 aromatic heterocycles. The highest BCUT2D eigenvalue weighted by Gasteiger charge is 2.52. The van der Waals surface area contributed by atoms with E-state index in [-0.39, 0.29) is 11.5 Å². The fourth-order valence-electron chi connectivity index (χ4n) is 2.53. The van der Waals surface area contributed by atoms with Gasteiger partial charge in [-0.2, -0.15) is 0 Å². The highest BCUT2D eigenvalue weighted by molar-refractivity contribution is 8.14. The summed E-state index contributed by atoms with van der Waals surface area (Å²) in [5.41, 5.74) is -1.09. The minimum Gasteiger partial charge on any atom is -0.469 e. The van der Waals surface area contributed by atoms with Crippen LogP contribution in [0.1, 0.15) is 34.1 Å². The summed E-state index contributed by atoms with van der Waals surface area (Å²) >= 11 is 0.693. The quantitative estimate of drug-likeness (QED) is 0.447. The SMILES string of the molecule is COC(=O)C[C@H]1O[C@@H](SC(C)=O)[C@H](OC(C)=O)[C@@H](OC(C)=O)[C@@H]1OC(C)=O. The summed E-state index contributed by atoms with van der Waals surface area (Å²) < 4.78 is 25.9. The number of hydrogen-bond acceptors (Lipinski definition) is 11. The molecule has 1 aliphatic heterocycles. The van der Waals surface area contributed by atoms with Crippen molar-refractivity contribution in [1.82, 2.24) is 0 Å². The highest BCUT2D eigenvalue weighted by atomic mass is 32.2. The van der Waals surface area contributed by atoms with Crippen LogP contribution in [-0.4, -0.2) is 66.0 Å². The van der Waals surface area contributed by atoms with E-state index in [2.05, 4.69) is 4.74 Å². The Morgan fingerprint density at radius 1 is 0.815 bits per heavy atom. The number of esters is 4. The number of carbonyl (C=O) groups is 5. The predicted octanol–water partition coefficient (Wildman–Crippen LogP) is 0.349. The van der Waals surface area contributed by atoms with Crippen molar-refractivity contribution in [2.45, 2.75) is 64.0 Å². The maximum absolute atomic E-state index is 11.7. The van der Waals surface area contributed by atoms with E-state index >= 15 is 0 Å². The second kappa shape index (κ2) is 10.3. The Balaban J connectivity index is 3.33. The van der Waals surface area contributed by atoms with Gasteiger partial charge in [0, 0.05) is 27.7 Å². The first kappa shape index (κ1) is 22.9. The molecule has 0 bridgehead atoms. The zero-order valence-corrected chi connectivity index (χ0v) is 16.4. The zero-order chi connectivity index (χ0) is 20.7. The molecule has 0 aromatic rings. The second-order valence-electron chi connectivity index (χ2n) is 5.65. The molecule has 0 aliphatic carbocycles. The third-order valence-electron chi connectivity index (χ3n) is 3.37. The molecule has 5 atom stereocenters. The molecule has 11 heteroatoms. The van der Waals surface area contributed by atoms with Gasteiger partial charge in [-0.25, -0.2) is 0 Å². The Bertz CT molecular complexity index is 604. The van der Waals surface area contributed by atoms with Crippen molar-refractivity contribution in [2.24, 2.45) is 0 Å². The van der Waals surface area contributed by atoms with Gasteiger partial charge < -0.3 is 23.7 Å². The number of methoxy groups -OCH3 is 1. The van der Waals surface area contributed by atoms with Crippen molar-refractivity contribution in [3.8, 4) is 0 Å². The number of hydrogen-bond donors (Lipinski definition) is 0. The normalized spacial score (nSPS) is 27.2. The summed E-state index contributed by atoms with van der Waals surface area (Å²) in [5, 5.41) is -0.360. The van der Waals surface area contributed by atoms with Crippen LogP contribution in [0.5, 0.6) is 0 Å². The Morgan fingerprint density at radius 2 is 1.30 bits per heavy atom. The summed E-state index contributed by atoms with van der Waals surface area (Å²) in [6.07, 6.45) is -5.20. The minimum absolute atomic E-state index is 0.339. The topological polar surface area (TPSA) is 132 Å². The largest absolute Gasteiger partial charge is 0.469 e. The lowest BCUT2D eigenvalue weighted by atomic mass is 9.96. The molecule has 0 radical (unpaired) electrons. The van der Waals surface area contributed by atoms with Crippen LogP contribution in [0.4, 0.5) is 0 Å². The standard InChI is InChI=1S/C16H22O10S/c1-7(17)23-13-11(6-12(21)22-5)26-16(27-10(4)20)15(25-9(3)19)14(13)24-8(2)18/h11,13-16H,6H2,1-5H3/t11-,13-,14+,15-,16+/m1/s1. The number of thioether (sulfide) groups is 1. The molecule has 0 aromatic carbocycles. The van der Waals surface area contributed by atoms with Crippen LogP contribution in [0.25, 0.3) is 0 Å². The van der Waals surface area contributed by atoms with Crippen LogP contribution < -0.4 is 0 Å². The fourth-order valence-corrected chi connectivity index (χ4v) is 3.40. The van der Waals surface area contributed by atoms with E-state index in [1.807, 2.05) is 0 Å². The van der Waals surface area contributed by atoms with Gasteiger partial charge in [0.2, 0.25) is 0 Å². The molecular formula is C16H22O10S. The maximum Gasteiger partial charge on any atom is 0.308 e. The van der Waals surface area contributed by atoms with Gasteiger partial charge >= 0.3 is 23.9 Å². The Morgan fingerprint density at radius 3 is 1.74 bits per heavy atom. The molecule has 1 heterocycles. The van der Waals surface area contributed by atoms with Gasteiger partial charge in [0.15, 0.2) is 28.9 Å². The molecule has 1 rings (SSSR count). The summed E-state index contributed by atoms with van der Waals surface area (Å²) in [5.74, 6) is -2.85. The lowest BCUT2D eigenvalue weighted by Gasteiger charge is -2.43. The first-order valence-electron chi connectivity index (χ1n) is 7.96. The van der Waals surface area contributed by atoms with Crippen molar-refractivity contribution in [2.75, 3.05) is 7.11 Å². The monoisotopic (exact) mass is 406 g/mol. The smallest absolute Gasteiger partial charge is 0.308 e. The van der Waals surface area contributed by atoms with E-state index in [4.69, 9.17) is 18.9 Å². The molecule has 1 fully saturated rings. The average Bonchev–Trinajstić information content (AvgIpc) is 2.52. The highest BCUT2D eigenvalue weighted by Crippen LogP contribution is 2.35. The molecule has 1 saturated heterocycles. The first-order valence-corrected chi connectivity index (χ1v) is 8.84. The molecule has 0 N–H and O–H groups in total. The lowest BCUT2D eigenvalue weighted by Crippen LogP contribution is -2.61. The van der Waals surface area contributed by atoms with Gasteiger partial charge in [0.25, 0.3) is 0 Å². The van der Waals surface area contributed by atoms with Gasteiger partial charge in [0.1, 0.15) is 6.10 Å². The van der Waals surface area contributed by atoms with Crippen LogP contribution in [0, 0.1) is 0 Å². The molecule has 27 heavy (non-hydrogen) atoms. The minimum atomic E-state index is -1.28. The van der Waals surface area contributed by atoms with Crippen molar-refractivity contribution in [3.63, 3.8) is 0 Å². The van der Waals surface area contributed by atoms with Gasteiger partial charge in [-0.15, -0.1) is 0 Å². The number of ether oxygens (including phenoxy) is 5. The van der Waals surface area contributed by atoms with Gasteiger partial charge in [-0.05, 0) is 0 Å². The van der Waals surface area contributed by atoms with Crippen LogP contribution >= 0.6 is 11.8 Å². The molecule has 152 valence electrons. The molecule has 10 nitrogen and oxygen atoms in total. The summed E-state index contributed by atoms with van der Waals surface area (Å²) in [7, 11) is 1.17. The zero-order valence-electron chi connectivity index (χ0n) is 15.6. The van der Waals surface area contributed by atoms with Crippen LogP contribution in [0.3, 0.4) is 0 Å². The molecule has 0 saturated carbocycles. The van der Waals surface area contributed by atoms with E-state index in [1.54, 1.807) is 0 Å². The van der Waals surface area contributed by atoms with E-state index < -0.39 is 53.7 Å². The summed E-state index contributed by atoms with van der Waals surface area (Å²) in [6, 6.07) is 0. The third-order valence-corrected chi connectivity index (χ3v) is 4.32. The van der Waals surface area contributed by atoms with E-state index in [1.165, 1.54) is 14.0 Å². The predicted molar refractivity (Wildman–Crippen MR) is 90.2 cm³/mol. The Labute approximate surface area is 160 Å². The van der Waals surface area contributed by atoms with Gasteiger partial charge in [-0.3, -0.25) is 24.0 Å². The summed E-state index contributed by atoms with van der Waals surface area (Å²) in [6.45, 7) is 4.64. The fraction of sp³-hybridized carbons (Fsp3) is 0.688. The van der Waals surface area contributed by atoms with Crippen LogP contribution in [0.2, 0.25) is 0 Å². The molecule has 0 amide bonds. The Kier molecular flexibility index (Phi) is 8.70. The molecular weight excluding hydrogens is 384 g/mol. The van der Waals surface area contributed by atoms with Gasteiger partial charge in [0.05, 0.1) is 13.5 Å². The van der Waals surface area contributed by atoms with E-state index in [9.17, 15) is 24.0 Å². The number of carbonyl (C=O) groups excluding carboxylic acids is 5. The van der Waals surface area contributed by atoms with Crippen molar-refractivity contribution >= 4 is 40.8 Å². The van der Waals surface area contributed by atoms with E-state index in [0.29, 0.717) is 11.8 Å². The van der Waals surface area contributed by atoms with Crippen molar-refractivity contribution in [1.29, 1.82) is 0 Å². The maximum atomic E-state index is 11.7. The first-order chi connectivity index (χ1) is 12.5. The van der Waals surface area contributed by atoms with Crippen LogP contribution in [-0.2, 0) is 47.7 Å². The van der Waals surface area contributed by atoms with Crippen molar-refractivity contribution in [3.05, 3.63) is 0 Å². The Hall–Kier alpha value is -2.14. The average molecular weight is 406 g/mol. The lowest BCUT2D eigenvalue weighted by molar-refractivity contribution is -0.233. The number of rotatable bonds is 6. The molecule has 0 spiro atoms. The molecule has 0 unspecified atom stereocenters. The van der Waals surface area contributed by atoms with E-state index in [0.717, 1.165) is 20.8 Å². The second-order valence-corrected chi connectivity index (χ2v) is 6.93. The summed E-state index contributed by atoms with van der Waals surface area (Å²) in [4.78, 5) is 57.9.